The number of cyclic esters (lactones) is 1. The number of oxime groups is 1. The number of esters is 1. The Balaban J connectivity index is 2.59. The Morgan fingerprint density at radius 2 is 1.72 bits per heavy atom. The molecule has 2 aliphatic heterocycles. The number of hydrogen-bond donors (Lipinski definition) is 4. The number of hydrogen-bond acceptors (Lipinski definition) is 11. The molecule has 2 rings (SSSR count). The van der Waals surface area contributed by atoms with Crippen molar-refractivity contribution in [2.45, 2.75) is 131 Å². The molecule has 0 aromatic carbocycles. The van der Waals surface area contributed by atoms with Gasteiger partial charge in [0.15, 0.2) is 6.61 Å². The van der Waals surface area contributed by atoms with Gasteiger partial charge in [-0.15, -0.1) is 0 Å². The fourth-order valence-electron chi connectivity index (χ4n) is 7.69. The number of allylic oxidation sites excluding steroid dienone is 7. The number of amides is 1. The van der Waals surface area contributed by atoms with Crippen LogP contribution in [-0.2, 0) is 28.6 Å². The number of nitrogens with zero attached hydrogens (tertiary/aromatic N) is 2. The second-order valence-electron chi connectivity index (χ2n) is 16.3. The van der Waals surface area contributed by atoms with Gasteiger partial charge in [0.1, 0.15) is 12.2 Å². The number of carbonyl (C=O) groups is 2. The lowest BCUT2D eigenvalue weighted by Crippen LogP contribution is -2.45. The maximum Gasteiger partial charge on any atom is 0.373 e. The maximum absolute atomic E-state index is 13.9. The molecule has 58 heavy (non-hydrogen) atoms. The SMILES string of the molecule is C/C=C/C(O)C(C)/C=C/C(=N/OCC(=O)N1CCCCC1)C(C)C(O)C(C)C1OC(=O)C(OC)=C/C(C)=C/C(C)C(O)C(CC)C(O)C(C)C/C(C)=C/C=C/C1OC. The van der Waals surface area contributed by atoms with Crippen LogP contribution >= 0.6 is 0 Å². The smallest absolute Gasteiger partial charge is 0.373 e. The molecule has 0 bridgehead atoms. The zero-order valence-corrected chi connectivity index (χ0v) is 36.9. The molecule has 1 fully saturated rings. The fraction of sp³-hybridized carbons (Fsp3) is 0.674. The fourth-order valence-corrected chi connectivity index (χ4v) is 7.69. The van der Waals surface area contributed by atoms with Crippen LogP contribution in [-0.4, -0.2) is 113 Å². The predicted octanol–water partition coefficient (Wildman–Crippen LogP) is 6.46. The van der Waals surface area contributed by atoms with Gasteiger partial charge in [-0.3, -0.25) is 4.79 Å². The summed E-state index contributed by atoms with van der Waals surface area (Å²) >= 11 is 0. The first-order chi connectivity index (χ1) is 27.5. The standard InChI is InChI=1S/C46H74N2O10/c1-12-18-38(49)31(5)21-22-37(47-57-28-41(50)48-23-15-14-16-24-48)34(8)44(53)35(9)45-39(55-10)20-17-19-29(3)25-32(6)42(51)36(13-2)43(52)33(7)26-30(4)27-40(56-11)46(54)58-45/h12,17-22,26-27,31-36,38-39,42-45,49,51-53H,13-16,23-25,28H2,1-11H3/b18-12+,20-17+,22-21+,29-19+,30-26+,40-27?,47-37-. The van der Waals surface area contributed by atoms with E-state index in [1.54, 1.807) is 62.1 Å². The molecule has 0 aromatic heterocycles. The summed E-state index contributed by atoms with van der Waals surface area (Å²) in [4.78, 5) is 34.1. The Morgan fingerprint density at radius 1 is 1.05 bits per heavy atom. The molecule has 0 spiro atoms. The van der Waals surface area contributed by atoms with Gasteiger partial charge in [-0.1, -0.05) is 100 Å². The van der Waals surface area contributed by atoms with Crippen LogP contribution in [0, 0.1) is 35.5 Å². The van der Waals surface area contributed by atoms with Crippen LogP contribution in [0.25, 0.3) is 0 Å². The van der Waals surface area contributed by atoms with Crippen molar-refractivity contribution in [1.82, 2.24) is 4.90 Å². The van der Waals surface area contributed by atoms with Crippen LogP contribution in [0.2, 0.25) is 0 Å². The zero-order chi connectivity index (χ0) is 43.5. The minimum atomic E-state index is -1.17. The van der Waals surface area contributed by atoms with Gasteiger partial charge >= 0.3 is 5.97 Å². The highest BCUT2D eigenvalue weighted by Crippen LogP contribution is 2.30. The number of aliphatic hydroxyl groups is 4. The van der Waals surface area contributed by atoms with Crippen LogP contribution < -0.4 is 0 Å². The van der Waals surface area contributed by atoms with Crippen LogP contribution in [0.15, 0.2) is 76.7 Å². The summed E-state index contributed by atoms with van der Waals surface area (Å²) in [6.07, 6.45) is 14.6. The van der Waals surface area contributed by atoms with Gasteiger partial charge in [0.25, 0.3) is 5.91 Å². The van der Waals surface area contributed by atoms with Crippen molar-refractivity contribution in [2.24, 2.45) is 40.7 Å². The molecule has 0 aromatic rings. The van der Waals surface area contributed by atoms with Gasteiger partial charge in [0, 0.05) is 49.8 Å². The summed E-state index contributed by atoms with van der Waals surface area (Å²) in [5.74, 6) is -3.62. The van der Waals surface area contributed by atoms with Crippen LogP contribution in [0.4, 0.5) is 0 Å². The summed E-state index contributed by atoms with van der Waals surface area (Å²) in [5.41, 5.74) is 1.97. The Morgan fingerprint density at radius 3 is 2.33 bits per heavy atom. The molecule has 328 valence electrons. The number of carbonyl (C=O) groups excluding carboxylic acids is 2. The summed E-state index contributed by atoms with van der Waals surface area (Å²) in [5, 5.41) is 49.6. The Hall–Kier alpha value is -3.55. The monoisotopic (exact) mass is 815 g/mol. The van der Waals surface area contributed by atoms with Crippen molar-refractivity contribution in [1.29, 1.82) is 0 Å². The number of piperidine rings is 1. The third-order valence-electron chi connectivity index (χ3n) is 11.5. The number of aliphatic hydroxyl groups excluding tert-OH is 4. The lowest BCUT2D eigenvalue weighted by Gasteiger charge is -2.34. The molecular weight excluding hydrogens is 741 g/mol. The first-order valence-corrected chi connectivity index (χ1v) is 21.0. The highest BCUT2D eigenvalue weighted by atomic mass is 16.6. The van der Waals surface area contributed by atoms with Crippen molar-refractivity contribution in [2.75, 3.05) is 33.9 Å². The third kappa shape index (κ3) is 15.6. The molecule has 12 atom stereocenters. The molecule has 0 saturated carbocycles. The molecule has 1 saturated heterocycles. The Kier molecular flexibility index (Phi) is 22.5. The van der Waals surface area contributed by atoms with E-state index in [0.717, 1.165) is 24.8 Å². The van der Waals surface area contributed by atoms with Gasteiger partial charge < -0.3 is 44.4 Å². The van der Waals surface area contributed by atoms with E-state index in [4.69, 9.17) is 19.0 Å². The molecule has 4 N–H and O–H groups in total. The number of likely N-dealkylation sites (tertiary alicyclic amines) is 1. The molecule has 1 amide bonds. The molecule has 2 aliphatic rings. The van der Waals surface area contributed by atoms with Crippen LogP contribution in [0.5, 0.6) is 0 Å². The summed E-state index contributed by atoms with van der Waals surface area (Å²) < 4.78 is 17.6. The molecule has 0 radical (unpaired) electrons. The predicted molar refractivity (Wildman–Crippen MR) is 228 cm³/mol. The largest absolute Gasteiger partial charge is 0.490 e. The van der Waals surface area contributed by atoms with Gasteiger partial charge in [-0.05, 0) is 70.9 Å². The molecule has 2 heterocycles. The third-order valence-corrected chi connectivity index (χ3v) is 11.5. The van der Waals surface area contributed by atoms with Crippen molar-refractivity contribution < 1.29 is 49.1 Å². The van der Waals surface area contributed by atoms with Gasteiger partial charge in [0.05, 0.1) is 37.2 Å². The van der Waals surface area contributed by atoms with Crippen LogP contribution in [0.1, 0.15) is 94.4 Å². The first-order valence-electron chi connectivity index (χ1n) is 21.0. The quantitative estimate of drug-likeness (QED) is 0.0661. The van der Waals surface area contributed by atoms with E-state index in [1.165, 1.54) is 14.2 Å². The number of methoxy groups -OCH3 is 2. The van der Waals surface area contributed by atoms with Crippen LogP contribution in [0.3, 0.4) is 0 Å². The normalized spacial score (nSPS) is 31.3. The highest BCUT2D eigenvalue weighted by molar-refractivity contribution is 5.96. The minimum absolute atomic E-state index is 0.0859. The maximum atomic E-state index is 13.9. The molecule has 0 aliphatic carbocycles. The first kappa shape index (κ1) is 50.6. The van der Waals surface area contributed by atoms with E-state index in [0.29, 0.717) is 37.2 Å². The van der Waals surface area contributed by atoms with Crippen molar-refractivity contribution in [3.63, 3.8) is 0 Å². The second kappa shape index (κ2) is 25.8. The van der Waals surface area contributed by atoms with E-state index >= 15 is 0 Å². The lowest BCUT2D eigenvalue weighted by molar-refractivity contribution is -0.161. The molecular formula is C46H74N2O10. The summed E-state index contributed by atoms with van der Waals surface area (Å²) in [6.45, 7) is 17.9. The zero-order valence-electron chi connectivity index (χ0n) is 36.9. The highest BCUT2D eigenvalue weighted by Gasteiger charge is 2.38. The van der Waals surface area contributed by atoms with E-state index in [2.05, 4.69) is 5.16 Å². The Labute approximate surface area is 348 Å². The molecule has 12 heteroatoms. The second-order valence-corrected chi connectivity index (χ2v) is 16.3. The average molecular weight is 815 g/mol. The topological polar surface area (TPSA) is 168 Å². The van der Waals surface area contributed by atoms with Crippen molar-refractivity contribution in [3.8, 4) is 0 Å². The van der Waals surface area contributed by atoms with E-state index in [1.807, 2.05) is 59.8 Å². The average Bonchev–Trinajstić information content (AvgIpc) is 3.20. The summed E-state index contributed by atoms with van der Waals surface area (Å²) in [6, 6.07) is 0. The van der Waals surface area contributed by atoms with E-state index < -0.39 is 54.4 Å². The van der Waals surface area contributed by atoms with Gasteiger partial charge in [-0.25, -0.2) is 4.79 Å². The van der Waals surface area contributed by atoms with Crippen molar-refractivity contribution in [3.05, 3.63) is 71.6 Å². The molecule has 12 nitrogen and oxygen atoms in total. The van der Waals surface area contributed by atoms with E-state index in [9.17, 15) is 30.0 Å². The van der Waals surface area contributed by atoms with Gasteiger partial charge in [-0.2, -0.15) is 0 Å². The number of rotatable bonds is 14. The lowest BCUT2D eigenvalue weighted by atomic mass is 9.79. The van der Waals surface area contributed by atoms with E-state index in [-0.39, 0.29) is 41.9 Å². The number of ether oxygens (including phenoxy) is 3. The van der Waals surface area contributed by atoms with Gasteiger partial charge in [0.2, 0.25) is 5.76 Å². The summed E-state index contributed by atoms with van der Waals surface area (Å²) in [7, 11) is 2.86. The minimum Gasteiger partial charge on any atom is -0.490 e. The van der Waals surface area contributed by atoms with Crippen molar-refractivity contribution >= 4 is 17.6 Å². The molecule has 12 unspecified atom stereocenters. The Bertz CT molecular complexity index is 1490.